The predicted octanol–water partition coefficient (Wildman–Crippen LogP) is 3.36. The Kier molecular flexibility index (Phi) is 5.15. The Balaban J connectivity index is 0.000000381. The number of rotatable bonds is 2. The third-order valence-corrected chi connectivity index (χ3v) is 2.27. The summed E-state index contributed by atoms with van der Waals surface area (Å²) in [7, 11) is -3.22. The van der Waals surface area contributed by atoms with Crippen LogP contribution in [0.3, 0.4) is 0 Å². The van der Waals surface area contributed by atoms with E-state index in [1.807, 2.05) is 52.5 Å². The summed E-state index contributed by atoms with van der Waals surface area (Å²) in [6.07, 6.45) is 0. The number of aromatic nitrogens is 3. The van der Waals surface area contributed by atoms with Gasteiger partial charge in [0.25, 0.3) is 0 Å². The Morgan fingerprint density at radius 3 is 2.08 bits per heavy atom. The molecule has 0 unspecified atom stereocenters. The Hall–Kier alpha value is -2.30. The minimum absolute atomic E-state index is 0.551. The van der Waals surface area contributed by atoms with E-state index in [9.17, 15) is 25.2 Å². The van der Waals surface area contributed by atoms with Crippen LogP contribution in [0.5, 0.6) is 0 Å². The first kappa shape index (κ1) is 20.7. The first-order valence-electron chi connectivity index (χ1n) is 6.48. The second kappa shape index (κ2) is 6.21. The second-order valence-corrected chi connectivity index (χ2v) is 7.06. The van der Waals surface area contributed by atoms with Crippen molar-refractivity contribution in [2.45, 2.75) is 0 Å². The van der Waals surface area contributed by atoms with Crippen molar-refractivity contribution in [2.75, 3.05) is 28.2 Å². The average molecular weight is 395 g/mol. The first-order chi connectivity index (χ1) is 11.0. The van der Waals surface area contributed by atoms with Gasteiger partial charge in [-0.05, 0) is 22.2 Å². The maximum absolute atomic E-state index is 10.7. The molecule has 1 heterocycles. The molecular formula is C11H16F6N5O2P. The SMILES string of the molecule is CN(C)C(OOn1nnc2ccccc21)=[N+](C)C.F[P-](F)(F)(F)(F)F. The number of fused-ring (bicyclic) bond motifs is 1. The molecule has 7 nitrogen and oxygen atoms in total. The summed E-state index contributed by atoms with van der Waals surface area (Å²) in [4.78, 5) is 13.4. The molecule has 2 rings (SSSR count). The Morgan fingerprint density at radius 1 is 1.08 bits per heavy atom. The number of nitrogens with zero attached hydrogens (tertiary/aromatic N) is 5. The molecule has 0 amide bonds. The quantitative estimate of drug-likeness (QED) is 0.149. The van der Waals surface area contributed by atoms with Crippen molar-refractivity contribution < 1.29 is 39.6 Å². The van der Waals surface area contributed by atoms with Crippen molar-refractivity contribution in [3.8, 4) is 0 Å². The van der Waals surface area contributed by atoms with Gasteiger partial charge in [-0.3, -0.25) is 0 Å². The number of amidine groups is 1. The molecule has 0 fully saturated rings. The summed E-state index contributed by atoms with van der Waals surface area (Å²) in [5.41, 5.74) is 1.49. The van der Waals surface area contributed by atoms with Crippen molar-refractivity contribution >= 4 is 24.9 Å². The Labute approximate surface area is 138 Å². The van der Waals surface area contributed by atoms with Crippen LogP contribution in [0.4, 0.5) is 25.2 Å². The molecule has 0 radical (unpaired) electrons. The number of benzene rings is 1. The summed E-state index contributed by atoms with van der Waals surface area (Å²) in [6.45, 7) is 0. The van der Waals surface area contributed by atoms with Crippen LogP contribution in [0.25, 0.3) is 11.0 Å². The molecule has 14 heteroatoms. The summed E-state index contributed by atoms with van der Waals surface area (Å²) in [6, 6.07) is 8.02. The van der Waals surface area contributed by atoms with Crippen molar-refractivity contribution in [1.29, 1.82) is 0 Å². The van der Waals surface area contributed by atoms with Gasteiger partial charge in [0.15, 0.2) is 0 Å². The van der Waals surface area contributed by atoms with E-state index < -0.39 is 7.81 Å². The van der Waals surface area contributed by atoms with E-state index in [0.29, 0.717) is 6.02 Å². The van der Waals surface area contributed by atoms with Gasteiger partial charge in [0.05, 0.1) is 28.2 Å². The van der Waals surface area contributed by atoms with Gasteiger partial charge in [-0.25, -0.2) is 9.48 Å². The molecule has 0 bridgehead atoms. The van der Waals surface area contributed by atoms with E-state index in [0.717, 1.165) is 11.0 Å². The number of halogens is 6. The molecule has 0 saturated heterocycles. The molecule has 1 aromatic heterocycles. The Bertz CT molecular complexity index is 759. The molecule has 0 N–H and O–H groups in total. The van der Waals surface area contributed by atoms with Crippen molar-refractivity contribution in [3.05, 3.63) is 24.3 Å². The third-order valence-electron chi connectivity index (χ3n) is 2.27. The topological polar surface area (TPSA) is 55.4 Å². The van der Waals surface area contributed by atoms with Gasteiger partial charge in [-0.1, -0.05) is 12.1 Å². The van der Waals surface area contributed by atoms with E-state index in [4.69, 9.17) is 9.88 Å². The van der Waals surface area contributed by atoms with Gasteiger partial charge in [0.1, 0.15) is 11.0 Å². The fourth-order valence-electron chi connectivity index (χ4n) is 1.52. The number of para-hydroxylation sites is 1. The van der Waals surface area contributed by atoms with E-state index in [1.54, 1.807) is 9.48 Å². The number of hydrogen-bond donors (Lipinski definition) is 0. The monoisotopic (exact) mass is 395 g/mol. The van der Waals surface area contributed by atoms with E-state index >= 15 is 0 Å². The van der Waals surface area contributed by atoms with Gasteiger partial charge >= 0.3 is 39.0 Å². The van der Waals surface area contributed by atoms with Crippen LogP contribution in [-0.2, 0) is 4.89 Å². The summed E-state index contributed by atoms with van der Waals surface area (Å²) >= 11 is 0. The zero-order valence-electron chi connectivity index (χ0n) is 13.6. The van der Waals surface area contributed by atoms with Gasteiger partial charge in [0, 0.05) is 0 Å². The van der Waals surface area contributed by atoms with Crippen LogP contribution < -0.4 is 4.99 Å². The van der Waals surface area contributed by atoms with Crippen molar-refractivity contribution in [3.63, 3.8) is 0 Å². The molecule has 0 aliphatic heterocycles. The minimum atomic E-state index is -10.7. The molecule has 0 aliphatic carbocycles. The summed E-state index contributed by atoms with van der Waals surface area (Å²) in [5.74, 6) is 0. The van der Waals surface area contributed by atoms with Crippen LogP contribution in [0.1, 0.15) is 0 Å². The molecule has 0 aliphatic rings. The second-order valence-electron chi connectivity index (χ2n) is 5.14. The van der Waals surface area contributed by atoms with Crippen LogP contribution in [0.15, 0.2) is 24.3 Å². The molecule has 25 heavy (non-hydrogen) atoms. The average Bonchev–Trinajstić information content (AvgIpc) is 2.78. The van der Waals surface area contributed by atoms with Gasteiger partial charge < -0.3 is 0 Å². The van der Waals surface area contributed by atoms with E-state index in [2.05, 4.69) is 10.3 Å². The fourth-order valence-corrected chi connectivity index (χ4v) is 1.52. The molecule has 2 aromatic rings. The molecule has 0 saturated carbocycles. The summed E-state index contributed by atoms with van der Waals surface area (Å²) in [5, 5.41) is 7.81. The fraction of sp³-hybridized carbons (Fsp3) is 0.364. The molecule has 1 aromatic carbocycles. The third kappa shape index (κ3) is 8.94. The van der Waals surface area contributed by atoms with Crippen LogP contribution in [0, 0.1) is 0 Å². The standard InChI is InChI=1S/C11H16N5O2.F6P/c1-14(2)11(15(3)4)17-18-16-10-8-6-5-7-9(10)12-13-16;1-7(2,3,4,5)6/h5-8H,1-4H3;/q+1;-1. The molecule has 0 atom stereocenters. The molecular weight excluding hydrogens is 379 g/mol. The summed E-state index contributed by atoms with van der Waals surface area (Å²) < 4.78 is 61.0. The van der Waals surface area contributed by atoms with E-state index in [1.165, 1.54) is 4.85 Å². The van der Waals surface area contributed by atoms with Crippen LogP contribution in [-0.4, -0.2) is 58.8 Å². The van der Waals surface area contributed by atoms with Crippen LogP contribution >= 0.6 is 7.81 Å². The molecule has 0 spiro atoms. The first-order valence-corrected chi connectivity index (χ1v) is 8.51. The predicted molar refractivity (Wildman–Crippen MR) is 79.6 cm³/mol. The number of hydrogen-bond acceptors (Lipinski definition) is 4. The zero-order chi connectivity index (χ0) is 19.5. The van der Waals surface area contributed by atoms with Gasteiger partial charge in [-0.2, -0.15) is 9.88 Å². The normalized spacial score (nSPS) is 13.8. The van der Waals surface area contributed by atoms with Crippen molar-refractivity contribution in [1.82, 2.24) is 20.1 Å². The zero-order valence-corrected chi connectivity index (χ0v) is 14.5. The van der Waals surface area contributed by atoms with Gasteiger partial charge in [-0.15, -0.1) is 5.10 Å². The maximum atomic E-state index is 9.87. The molecule has 144 valence electrons. The van der Waals surface area contributed by atoms with Crippen molar-refractivity contribution in [2.24, 2.45) is 0 Å². The van der Waals surface area contributed by atoms with E-state index in [-0.39, 0.29) is 0 Å². The van der Waals surface area contributed by atoms with Gasteiger partial charge in [0.2, 0.25) is 0 Å². The van der Waals surface area contributed by atoms with Crippen LogP contribution in [0.2, 0.25) is 0 Å². The Morgan fingerprint density at radius 2 is 1.60 bits per heavy atom.